The van der Waals surface area contributed by atoms with Crippen LogP contribution in [0.1, 0.15) is 17.7 Å². The molecule has 1 aromatic rings. The second-order valence-electron chi connectivity index (χ2n) is 2.33. The minimum absolute atomic E-state index is 0.00954. The Morgan fingerprint density at radius 1 is 1.62 bits per heavy atom. The number of H-pyrrole nitrogens is 1. The zero-order valence-corrected chi connectivity index (χ0v) is 7.94. The van der Waals surface area contributed by atoms with Crippen LogP contribution in [0.5, 0.6) is 0 Å². The first-order chi connectivity index (χ1) is 6.06. The summed E-state index contributed by atoms with van der Waals surface area (Å²) in [6.45, 7) is -0.617. The number of aliphatic hydroxyl groups excluding tert-OH is 1. The number of pyridine rings is 1. The lowest BCUT2D eigenvalue weighted by molar-refractivity contribution is 0.145. The molecule has 0 aliphatic heterocycles. The summed E-state index contributed by atoms with van der Waals surface area (Å²) in [6, 6.07) is 1.00. The standard InChI is InChI=1S/C7H6BrF2NO2/c8-3-1-5(13)11-4(2-12)6(3)7(9)10/h1,7,12H,2H2,(H,11,13). The van der Waals surface area contributed by atoms with Crippen molar-refractivity contribution in [3.63, 3.8) is 0 Å². The van der Waals surface area contributed by atoms with Crippen LogP contribution >= 0.6 is 15.9 Å². The predicted molar refractivity (Wildman–Crippen MR) is 45.6 cm³/mol. The summed E-state index contributed by atoms with van der Waals surface area (Å²) in [5.41, 5.74) is -1.06. The Morgan fingerprint density at radius 3 is 2.69 bits per heavy atom. The SMILES string of the molecule is O=c1cc(Br)c(C(F)F)c(CO)[nH]1. The van der Waals surface area contributed by atoms with Gasteiger partial charge in [0.1, 0.15) is 0 Å². The van der Waals surface area contributed by atoms with Gasteiger partial charge < -0.3 is 10.1 Å². The Balaban J connectivity index is 3.38. The highest BCUT2D eigenvalue weighted by atomic mass is 79.9. The van der Waals surface area contributed by atoms with Crippen molar-refractivity contribution in [3.05, 3.63) is 32.2 Å². The van der Waals surface area contributed by atoms with E-state index in [2.05, 4.69) is 20.9 Å². The van der Waals surface area contributed by atoms with Crippen LogP contribution in [0.2, 0.25) is 0 Å². The average molecular weight is 254 g/mol. The molecule has 0 aliphatic carbocycles. The molecule has 13 heavy (non-hydrogen) atoms. The summed E-state index contributed by atoms with van der Waals surface area (Å²) >= 11 is 2.83. The van der Waals surface area contributed by atoms with Crippen molar-refractivity contribution < 1.29 is 13.9 Å². The monoisotopic (exact) mass is 253 g/mol. The topological polar surface area (TPSA) is 53.1 Å². The number of halogens is 3. The molecule has 0 aliphatic rings. The van der Waals surface area contributed by atoms with E-state index < -0.39 is 18.6 Å². The minimum atomic E-state index is -2.73. The van der Waals surface area contributed by atoms with Crippen molar-refractivity contribution in [3.8, 4) is 0 Å². The number of alkyl halides is 2. The van der Waals surface area contributed by atoms with Gasteiger partial charge in [-0.3, -0.25) is 4.79 Å². The number of nitrogens with one attached hydrogen (secondary N) is 1. The molecule has 0 unspecified atom stereocenters. The van der Waals surface area contributed by atoms with Gasteiger partial charge >= 0.3 is 0 Å². The highest BCUT2D eigenvalue weighted by Gasteiger charge is 2.17. The molecule has 0 radical (unpaired) electrons. The van der Waals surface area contributed by atoms with E-state index in [-0.39, 0.29) is 15.7 Å². The first-order valence-electron chi connectivity index (χ1n) is 3.37. The van der Waals surface area contributed by atoms with Crippen molar-refractivity contribution >= 4 is 15.9 Å². The molecule has 0 aromatic carbocycles. The molecule has 3 nitrogen and oxygen atoms in total. The highest BCUT2D eigenvalue weighted by molar-refractivity contribution is 9.10. The first kappa shape index (κ1) is 10.3. The van der Waals surface area contributed by atoms with Gasteiger partial charge in [0.25, 0.3) is 6.43 Å². The molecule has 6 heteroatoms. The number of rotatable bonds is 2. The van der Waals surface area contributed by atoms with Crippen LogP contribution in [0.15, 0.2) is 15.3 Å². The Kier molecular flexibility index (Phi) is 3.16. The molecule has 72 valence electrons. The van der Waals surface area contributed by atoms with Crippen molar-refractivity contribution in [1.29, 1.82) is 0 Å². The Hall–Kier alpha value is -0.750. The van der Waals surface area contributed by atoms with Crippen LogP contribution in [0.4, 0.5) is 8.78 Å². The Labute approximate surface area is 80.5 Å². The molecular weight excluding hydrogens is 248 g/mol. The van der Waals surface area contributed by atoms with Gasteiger partial charge in [-0.1, -0.05) is 15.9 Å². The van der Waals surface area contributed by atoms with E-state index >= 15 is 0 Å². The molecule has 0 amide bonds. The van der Waals surface area contributed by atoms with E-state index in [0.29, 0.717) is 0 Å². The normalized spacial score (nSPS) is 10.8. The Morgan fingerprint density at radius 2 is 2.23 bits per heavy atom. The maximum absolute atomic E-state index is 12.3. The quantitative estimate of drug-likeness (QED) is 0.841. The molecule has 1 heterocycles. The molecule has 0 saturated heterocycles. The van der Waals surface area contributed by atoms with E-state index in [1.54, 1.807) is 0 Å². The van der Waals surface area contributed by atoms with Gasteiger partial charge in [0.15, 0.2) is 0 Å². The summed E-state index contributed by atoms with van der Waals surface area (Å²) in [6.07, 6.45) is -2.73. The predicted octanol–water partition coefficient (Wildman–Crippen LogP) is 1.57. The lowest BCUT2D eigenvalue weighted by Crippen LogP contribution is -2.11. The van der Waals surface area contributed by atoms with Gasteiger partial charge in [-0.2, -0.15) is 0 Å². The number of aromatic nitrogens is 1. The smallest absolute Gasteiger partial charge is 0.266 e. The summed E-state index contributed by atoms with van der Waals surface area (Å²) in [7, 11) is 0. The third-order valence-electron chi connectivity index (χ3n) is 1.49. The average Bonchev–Trinajstić information content (AvgIpc) is 2.01. The van der Waals surface area contributed by atoms with Gasteiger partial charge in [-0.05, 0) is 0 Å². The van der Waals surface area contributed by atoms with Gasteiger partial charge in [0.2, 0.25) is 5.56 Å². The number of aromatic amines is 1. The molecule has 0 atom stereocenters. The molecular formula is C7H6BrF2NO2. The molecule has 0 bridgehead atoms. The zero-order chi connectivity index (χ0) is 10.0. The third-order valence-corrected chi connectivity index (χ3v) is 2.15. The third kappa shape index (κ3) is 2.13. The molecule has 1 rings (SSSR count). The molecule has 2 N–H and O–H groups in total. The second-order valence-corrected chi connectivity index (χ2v) is 3.19. The molecule has 0 saturated carbocycles. The fraction of sp³-hybridized carbons (Fsp3) is 0.286. The van der Waals surface area contributed by atoms with Crippen LogP contribution in [0.25, 0.3) is 0 Å². The van der Waals surface area contributed by atoms with Crippen LogP contribution in [0, 0.1) is 0 Å². The lowest BCUT2D eigenvalue weighted by Gasteiger charge is -2.07. The maximum Gasteiger partial charge on any atom is 0.266 e. The Bertz CT molecular complexity index is 364. The zero-order valence-electron chi connectivity index (χ0n) is 6.35. The number of aliphatic hydroxyl groups is 1. The van der Waals surface area contributed by atoms with E-state index in [0.717, 1.165) is 6.07 Å². The van der Waals surface area contributed by atoms with Crippen LogP contribution < -0.4 is 5.56 Å². The fourth-order valence-electron chi connectivity index (χ4n) is 0.950. The van der Waals surface area contributed by atoms with Crippen LogP contribution in [-0.2, 0) is 6.61 Å². The van der Waals surface area contributed by atoms with Gasteiger partial charge in [-0.15, -0.1) is 0 Å². The summed E-state index contributed by atoms with van der Waals surface area (Å²) in [5.74, 6) is 0. The van der Waals surface area contributed by atoms with E-state index in [1.165, 1.54) is 0 Å². The van der Waals surface area contributed by atoms with E-state index in [1.807, 2.05) is 0 Å². The van der Waals surface area contributed by atoms with Gasteiger partial charge in [0.05, 0.1) is 17.9 Å². The largest absolute Gasteiger partial charge is 0.390 e. The lowest BCUT2D eigenvalue weighted by atomic mass is 10.2. The van der Waals surface area contributed by atoms with Crippen LogP contribution in [-0.4, -0.2) is 10.1 Å². The van der Waals surface area contributed by atoms with E-state index in [4.69, 9.17) is 5.11 Å². The first-order valence-corrected chi connectivity index (χ1v) is 4.16. The maximum atomic E-state index is 12.3. The molecule has 1 aromatic heterocycles. The number of hydrogen-bond acceptors (Lipinski definition) is 2. The summed E-state index contributed by atoms with van der Waals surface area (Å²) in [4.78, 5) is 12.9. The van der Waals surface area contributed by atoms with Crippen LogP contribution in [0.3, 0.4) is 0 Å². The van der Waals surface area contributed by atoms with E-state index in [9.17, 15) is 13.6 Å². The van der Waals surface area contributed by atoms with Gasteiger partial charge in [0, 0.05) is 10.5 Å². The number of hydrogen-bond donors (Lipinski definition) is 2. The summed E-state index contributed by atoms with van der Waals surface area (Å²) < 4.78 is 24.7. The van der Waals surface area contributed by atoms with Crippen molar-refractivity contribution in [2.75, 3.05) is 0 Å². The van der Waals surface area contributed by atoms with Crippen molar-refractivity contribution in [2.24, 2.45) is 0 Å². The van der Waals surface area contributed by atoms with Crippen molar-refractivity contribution in [1.82, 2.24) is 4.98 Å². The molecule has 0 spiro atoms. The summed E-state index contributed by atoms with van der Waals surface area (Å²) in [5, 5.41) is 8.69. The van der Waals surface area contributed by atoms with Crippen molar-refractivity contribution in [2.45, 2.75) is 13.0 Å². The fourth-order valence-corrected chi connectivity index (χ4v) is 1.57. The van der Waals surface area contributed by atoms with Gasteiger partial charge in [-0.25, -0.2) is 8.78 Å². The minimum Gasteiger partial charge on any atom is -0.390 e. The highest BCUT2D eigenvalue weighted by Crippen LogP contribution is 2.28. The molecule has 0 fully saturated rings. The second kappa shape index (κ2) is 3.97.